The molecule has 0 radical (unpaired) electrons. The first kappa shape index (κ1) is 28.3. The fourth-order valence-electron chi connectivity index (χ4n) is 6.30. The van der Waals surface area contributed by atoms with Gasteiger partial charge in [0, 0.05) is 11.8 Å². The predicted octanol–water partition coefficient (Wildman–Crippen LogP) is 6.95. The molecular formula is C32H46N4O2. The molecule has 6 heteroatoms. The van der Waals surface area contributed by atoms with Crippen LogP contribution in [0.4, 0.5) is 0 Å². The van der Waals surface area contributed by atoms with Gasteiger partial charge in [0.15, 0.2) is 5.82 Å². The van der Waals surface area contributed by atoms with Crippen molar-refractivity contribution in [1.29, 1.82) is 0 Å². The molecule has 0 unspecified atom stereocenters. The zero-order valence-electron chi connectivity index (χ0n) is 23.9. The normalized spacial score (nSPS) is 15.5. The van der Waals surface area contributed by atoms with E-state index in [4.69, 9.17) is 4.74 Å². The van der Waals surface area contributed by atoms with Crippen LogP contribution in [0.15, 0.2) is 36.4 Å². The fourth-order valence-corrected chi connectivity index (χ4v) is 6.30. The highest BCUT2D eigenvalue weighted by Gasteiger charge is 2.32. The Morgan fingerprint density at radius 1 is 0.921 bits per heavy atom. The van der Waals surface area contributed by atoms with Crippen molar-refractivity contribution in [3.05, 3.63) is 70.0 Å². The van der Waals surface area contributed by atoms with Gasteiger partial charge in [-0.1, -0.05) is 68.7 Å². The number of aromatic nitrogens is 4. The lowest BCUT2D eigenvalue weighted by Crippen LogP contribution is -2.31. The van der Waals surface area contributed by atoms with Crippen molar-refractivity contribution in [1.82, 2.24) is 20.6 Å². The van der Waals surface area contributed by atoms with Crippen molar-refractivity contribution in [3.8, 4) is 5.75 Å². The minimum Gasteiger partial charge on any atom is -0.493 e. The monoisotopic (exact) mass is 518 g/mol. The maximum Gasteiger partial charge on any atom is 0.174 e. The van der Waals surface area contributed by atoms with Gasteiger partial charge < -0.3 is 9.84 Å². The van der Waals surface area contributed by atoms with Crippen molar-refractivity contribution in [2.45, 2.75) is 116 Å². The van der Waals surface area contributed by atoms with Gasteiger partial charge in [0.05, 0.1) is 12.2 Å². The smallest absolute Gasteiger partial charge is 0.174 e. The molecule has 0 saturated heterocycles. The van der Waals surface area contributed by atoms with Crippen LogP contribution in [0.25, 0.3) is 0 Å². The Morgan fingerprint density at radius 3 is 2.26 bits per heavy atom. The number of hydrogen-bond donors (Lipinski definition) is 2. The van der Waals surface area contributed by atoms with Crippen molar-refractivity contribution in [3.63, 3.8) is 0 Å². The van der Waals surface area contributed by atoms with E-state index in [-0.39, 0.29) is 5.41 Å². The van der Waals surface area contributed by atoms with Crippen LogP contribution in [0, 0.1) is 13.8 Å². The van der Waals surface area contributed by atoms with Gasteiger partial charge in [0.1, 0.15) is 5.75 Å². The highest BCUT2D eigenvalue weighted by Crippen LogP contribution is 2.41. The lowest BCUT2D eigenvalue weighted by Gasteiger charge is -2.35. The molecule has 1 aromatic heterocycles. The van der Waals surface area contributed by atoms with E-state index in [0.29, 0.717) is 6.61 Å². The molecule has 1 aliphatic carbocycles. The van der Waals surface area contributed by atoms with Gasteiger partial charge in [-0.2, -0.15) is 5.21 Å². The number of benzene rings is 2. The van der Waals surface area contributed by atoms with Gasteiger partial charge in [0.2, 0.25) is 0 Å². The molecule has 0 bridgehead atoms. The summed E-state index contributed by atoms with van der Waals surface area (Å²) in [6, 6.07) is 13.8. The van der Waals surface area contributed by atoms with Gasteiger partial charge in [-0.3, -0.25) is 0 Å². The third-order valence-corrected chi connectivity index (χ3v) is 8.92. The van der Waals surface area contributed by atoms with E-state index in [0.717, 1.165) is 82.2 Å². The van der Waals surface area contributed by atoms with E-state index in [1.165, 1.54) is 34.2 Å². The Balaban J connectivity index is 1.42. The summed E-state index contributed by atoms with van der Waals surface area (Å²) in [7, 11) is 0. The molecule has 3 aromatic rings. The minimum atomic E-state index is -0.463. The second-order valence-electron chi connectivity index (χ2n) is 11.3. The number of H-pyrrole nitrogens is 1. The molecule has 4 rings (SSSR count). The molecule has 1 saturated carbocycles. The Bertz CT molecular complexity index is 1150. The molecule has 0 spiro atoms. The summed E-state index contributed by atoms with van der Waals surface area (Å²) in [5.74, 6) is 1.72. The van der Waals surface area contributed by atoms with Crippen LogP contribution in [0.1, 0.15) is 112 Å². The molecule has 1 fully saturated rings. The summed E-state index contributed by atoms with van der Waals surface area (Å²) in [5.41, 5.74) is 6.14. The first-order valence-electron chi connectivity index (χ1n) is 14.7. The lowest BCUT2D eigenvalue weighted by molar-refractivity contribution is -0.00344. The molecule has 0 aliphatic heterocycles. The molecule has 1 heterocycles. The number of tetrazole rings is 1. The number of rotatable bonds is 13. The van der Waals surface area contributed by atoms with Crippen LogP contribution >= 0.6 is 0 Å². The minimum absolute atomic E-state index is 0.0290. The second-order valence-corrected chi connectivity index (χ2v) is 11.3. The largest absolute Gasteiger partial charge is 0.493 e. The zero-order chi connectivity index (χ0) is 27.0. The van der Waals surface area contributed by atoms with Gasteiger partial charge in [0.25, 0.3) is 0 Å². The maximum atomic E-state index is 11.0. The summed E-state index contributed by atoms with van der Waals surface area (Å²) < 4.78 is 6.13. The highest BCUT2D eigenvalue weighted by molar-refractivity contribution is 5.47. The number of ether oxygens (including phenoxy) is 1. The van der Waals surface area contributed by atoms with Crippen molar-refractivity contribution in [2.75, 3.05) is 6.61 Å². The van der Waals surface area contributed by atoms with Crippen LogP contribution in [-0.2, 0) is 18.3 Å². The molecule has 38 heavy (non-hydrogen) atoms. The standard InChI is InChI=1S/C32H46N4O2/c1-5-32(6-2,27-14-13-26(24(3)22-27)17-20-31(37)18-9-7-10-19-31)28-15-16-29(25(4)23-28)38-21-11-8-12-30-33-35-36-34-30/h13-16,22-23,37H,5-12,17-21H2,1-4H3,(H,33,34,35,36). The van der Waals surface area contributed by atoms with E-state index in [1.54, 1.807) is 0 Å². The summed E-state index contributed by atoms with van der Waals surface area (Å²) in [6.45, 7) is 9.67. The van der Waals surface area contributed by atoms with Crippen molar-refractivity contribution >= 4 is 0 Å². The molecule has 6 nitrogen and oxygen atoms in total. The van der Waals surface area contributed by atoms with Crippen molar-refractivity contribution < 1.29 is 9.84 Å². The fraction of sp³-hybridized carbons (Fsp3) is 0.594. The van der Waals surface area contributed by atoms with Gasteiger partial charge in [-0.25, -0.2) is 0 Å². The Hall–Kier alpha value is -2.73. The number of nitrogens with one attached hydrogen (secondary N) is 1. The molecule has 2 aromatic carbocycles. The summed E-state index contributed by atoms with van der Waals surface area (Å²) in [6.07, 6.45) is 12.1. The predicted molar refractivity (Wildman–Crippen MR) is 153 cm³/mol. The van der Waals surface area contributed by atoms with E-state index in [9.17, 15) is 5.11 Å². The second kappa shape index (κ2) is 12.9. The molecule has 206 valence electrons. The average Bonchev–Trinajstić information content (AvgIpc) is 3.44. The van der Waals surface area contributed by atoms with Gasteiger partial charge in [-0.05, 0) is 99.1 Å². The third-order valence-electron chi connectivity index (χ3n) is 8.92. The van der Waals surface area contributed by atoms with E-state index in [1.807, 2.05) is 0 Å². The lowest BCUT2D eigenvalue weighted by atomic mass is 9.69. The zero-order valence-corrected chi connectivity index (χ0v) is 23.9. The molecule has 2 N–H and O–H groups in total. The van der Waals surface area contributed by atoms with Crippen LogP contribution in [0.2, 0.25) is 0 Å². The topological polar surface area (TPSA) is 83.9 Å². The van der Waals surface area contributed by atoms with Gasteiger partial charge >= 0.3 is 0 Å². The highest BCUT2D eigenvalue weighted by atomic mass is 16.5. The third kappa shape index (κ3) is 6.63. The number of aromatic amines is 1. The molecule has 0 atom stereocenters. The maximum absolute atomic E-state index is 11.0. The molecule has 1 aliphatic rings. The number of nitrogens with zero attached hydrogens (tertiary/aromatic N) is 3. The summed E-state index contributed by atoms with van der Waals surface area (Å²) >= 11 is 0. The number of aryl methyl sites for hydroxylation is 4. The summed E-state index contributed by atoms with van der Waals surface area (Å²) in [5, 5.41) is 25.1. The van der Waals surface area contributed by atoms with Gasteiger partial charge in [-0.15, -0.1) is 10.2 Å². The van der Waals surface area contributed by atoms with Crippen LogP contribution in [0.3, 0.4) is 0 Å². The first-order valence-corrected chi connectivity index (χ1v) is 14.7. The average molecular weight is 519 g/mol. The van der Waals surface area contributed by atoms with Crippen LogP contribution in [0.5, 0.6) is 5.75 Å². The Morgan fingerprint density at radius 2 is 1.63 bits per heavy atom. The van der Waals surface area contributed by atoms with E-state index in [2.05, 4.69) is 84.7 Å². The Kier molecular flexibility index (Phi) is 9.59. The number of hydrogen-bond acceptors (Lipinski definition) is 5. The Labute approximate surface area is 228 Å². The van der Waals surface area contributed by atoms with Crippen LogP contribution in [-0.4, -0.2) is 37.9 Å². The SMILES string of the molecule is CCC(CC)(c1ccc(CCC2(O)CCCCC2)c(C)c1)c1ccc(OCCCCc2nn[nH]n2)c(C)c1. The number of unbranched alkanes of at least 4 members (excludes halogenated alkanes) is 1. The van der Waals surface area contributed by atoms with Crippen molar-refractivity contribution in [2.24, 2.45) is 0 Å². The summed E-state index contributed by atoms with van der Waals surface area (Å²) in [4.78, 5) is 0. The van der Waals surface area contributed by atoms with E-state index < -0.39 is 5.60 Å². The first-order chi connectivity index (χ1) is 18.4. The molecule has 0 amide bonds. The van der Waals surface area contributed by atoms with Crippen LogP contribution < -0.4 is 4.74 Å². The van der Waals surface area contributed by atoms with E-state index >= 15 is 0 Å². The molecular weight excluding hydrogens is 472 g/mol. The quantitative estimate of drug-likeness (QED) is 0.239. The number of aliphatic hydroxyl groups is 1.